The molecular formula is C39H25N3O. The number of hydrogen-bond donors (Lipinski definition) is 0. The molecule has 3 aromatic heterocycles. The molecule has 4 heteroatoms. The summed E-state index contributed by atoms with van der Waals surface area (Å²) in [7, 11) is 0. The van der Waals surface area contributed by atoms with Crippen LogP contribution in [-0.4, -0.2) is 15.0 Å². The molecule has 8 aromatic rings. The van der Waals surface area contributed by atoms with E-state index in [2.05, 4.69) is 96.0 Å². The van der Waals surface area contributed by atoms with Gasteiger partial charge < -0.3 is 4.42 Å². The number of rotatable bonds is 5. The van der Waals surface area contributed by atoms with Gasteiger partial charge in [0.25, 0.3) is 0 Å². The lowest BCUT2D eigenvalue weighted by atomic mass is 10.00. The second kappa shape index (κ2) is 10.5. The summed E-state index contributed by atoms with van der Waals surface area (Å²) < 4.78 is 6.03. The molecule has 0 aliphatic rings. The Bertz CT molecular complexity index is 2220. The van der Waals surface area contributed by atoms with Crippen LogP contribution in [0.25, 0.3) is 78.1 Å². The number of hydrogen-bond acceptors (Lipinski definition) is 4. The predicted octanol–water partition coefficient (Wildman–Crippen LogP) is 10.1. The molecule has 0 radical (unpaired) electrons. The summed E-state index contributed by atoms with van der Waals surface area (Å²) in [6.45, 7) is 0. The summed E-state index contributed by atoms with van der Waals surface area (Å²) in [6, 6.07) is 47.8. The third-order valence-corrected chi connectivity index (χ3v) is 7.80. The van der Waals surface area contributed by atoms with Crippen LogP contribution in [0.5, 0.6) is 0 Å². The summed E-state index contributed by atoms with van der Waals surface area (Å²) >= 11 is 0. The fraction of sp³-hybridized carbons (Fsp3) is 0. The SMILES string of the molecule is c1ccc(-c2cc(-c3ccc(-c4ccc5oc6ccccc6c5c4)cc3)nc(-c3cccc(-c4cccnc4)c3)n2)cc1. The van der Waals surface area contributed by atoms with Gasteiger partial charge in [0.2, 0.25) is 0 Å². The molecule has 0 bridgehead atoms. The first-order chi connectivity index (χ1) is 21.3. The molecule has 0 N–H and O–H groups in total. The molecule has 8 rings (SSSR count). The van der Waals surface area contributed by atoms with E-state index in [1.54, 1.807) is 6.20 Å². The van der Waals surface area contributed by atoms with E-state index < -0.39 is 0 Å². The number of fused-ring (bicyclic) bond motifs is 3. The second-order valence-electron chi connectivity index (χ2n) is 10.5. The van der Waals surface area contributed by atoms with Gasteiger partial charge in [0.1, 0.15) is 11.2 Å². The number of aromatic nitrogens is 3. The molecule has 43 heavy (non-hydrogen) atoms. The van der Waals surface area contributed by atoms with Gasteiger partial charge in [-0.05, 0) is 53.1 Å². The predicted molar refractivity (Wildman–Crippen MR) is 174 cm³/mol. The first-order valence-corrected chi connectivity index (χ1v) is 14.3. The van der Waals surface area contributed by atoms with Crippen molar-refractivity contribution in [3.8, 4) is 56.2 Å². The third kappa shape index (κ3) is 4.75. The van der Waals surface area contributed by atoms with Crippen molar-refractivity contribution in [2.45, 2.75) is 0 Å². The molecule has 3 heterocycles. The highest BCUT2D eigenvalue weighted by Gasteiger charge is 2.13. The monoisotopic (exact) mass is 551 g/mol. The zero-order chi connectivity index (χ0) is 28.6. The Morgan fingerprint density at radius 3 is 1.84 bits per heavy atom. The molecule has 0 aliphatic carbocycles. The summed E-state index contributed by atoms with van der Waals surface area (Å²) in [4.78, 5) is 14.4. The molecule has 5 aromatic carbocycles. The van der Waals surface area contributed by atoms with E-state index in [-0.39, 0.29) is 0 Å². The molecule has 0 atom stereocenters. The normalized spacial score (nSPS) is 11.3. The molecule has 0 amide bonds. The van der Waals surface area contributed by atoms with Gasteiger partial charge in [0.15, 0.2) is 5.82 Å². The Hall–Kier alpha value is -5.87. The Labute approximate surface area is 249 Å². The third-order valence-electron chi connectivity index (χ3n) is 7.80. The largest absolute Gasteiger partial charge is 0.456 e. The van der Waals surface area contributed by atoms with Crippen molar-refractivity contribution in [2.24, 2.45) is 0 Å². The fourth-order valence-electron chi connectivity index (χ4n) is 5.59. The number of nitrogens with zero attached hydrogens (tertiary/aromatic N) is 3. The standard InChI is InChI=1S/C39H25N3O/c1-2-8-27(9-3-1)35-24-36(42-39(41-35)31-11-6-10-29(22-31)32-12-7-21-40-25-32)28-17-15-26(16-18-28)30-19-20-38-34(23-30)33-13-4-5-14-37(33)43-38/h1-25H. The van der Waals surface area contributed by atoms with Gasteiger partial charge in [-0.1, -0.05) is 103 Å². The lowest BCUT2D eigenvalue weighted by Gasteiger charge is -2.11. The minimum absolute atomic E-state index is 0.684. The summed E-state index contributed by atoms with van der Waals surface area (Å²) in [6.07, 6.45) is 3.66. The minimum Gasteiger partial charge on any atom is -0.456 e. The first-order valence-electron chi connectivity index (χ1n) is 14.3. The van der Waals surface area contributed by atoms with Crippen molar-refractivity contribution in [1.29, 1.82) is 0 Å². The first kappa shape index (κ1) is 24.9. The number of furan rings is 1. The Balaban J connectivity index is 1.20. The van der Waals surface area contributed by atoms with E-state index in [0.717, 1.165) is 72.3 Å². The average molecular weight is 552 g/mol. The van der Waals surface area contributed by atoms with Gasteiger partial charge in [-0.25, -0.2) is 9.97 Å². The van der Waals surface area contributed by atoms with Crippen molar-refractivity contribution < 1.29 is 4.42 Å². The van der Waals surface area contributed by atoms with Crippen LogP contribution in [0.4, 0.5) is 0 Å². The summed E-state index contributed by atoms with van der Waals surface area (Å²) in [5.41, 5.74) is 11.0. The van der Waals surface area contributed by atoms with Gasteiger partial charge in [-0.2, -0.15) is 0 Å². The van der Waals surface area contributed by atoms with Gasteiger partial charge >= 0.3 is 0 Å². The maximum absolute atomic E-state index is 6.03. The van der Waals surface area contributed by atoms with Crippen LogP contribution in [0.15, 0.2) is 156 Å². The van der Waals surface area contributed by atoms with E-state index in [9.17, 15) is 0 Å². The molecule has 0 saturated heterocycles. The second-order valence-corrected chi connectivity index (χ2v) is 10.5. The van der Waals surface area contributed by atoms with Crippen LogP contribution in [0.1, 0.15) is 0 Å². The van der Waals surface area contributed by atoms with Crippen LogP contribution in [0.2, 0.25) is 0 Å². The van der Waals surface area contributed by atoms with Gasteiger partial charge in [-0.3, -0.25) is 4.98 Å². The maximum Gasteiger partial charge on any atom is 0.160 e. The highest BCUT2D eigenvalue weighted by molar-refractivity contribution is 6.06. The van der Waals surface area contributed by atoms with Crippen LogP contribution in [0, 0.1) is 0 Å². The quantitative estimate of drug-likeness (QED) is 0.214. The minimum atomic E-state index is 0.684. The molecule has 0 spiro atoms. The lowest BCUT2D eigenvalue weighted by molar-refractivity contribution is 0.669. The Morgan fingerprint density at radius 2 is 1.02 bits per heavy atom. The van der Waals surface area contributed by atoms with Crippen LogP contribution in [0.3, 0.4) is 0 Å². The van der Waals surface area contributed by atoms with Crippen molar-refractivity contribution in [2.75, 3.05) is 0 Å². The van der Waals surface area contributed by atoms with E-state index in [1.807, 2.05) is 54.7 Å². The zero-order valence-electron chi connectivity index (χ0n) is 23.2. The number of pyridine rings is 1. The highest BCUT2D eigenvalue weighted by Crippen LogP contribution is 2.34. The number of benzene rings is 5. The Kier molecular flexibility index (Phi) is 6.08. The van der Waals surface area contributed by atoms with Crippen LogP contribution >= 0.6 is 0 Å². The highest BCUT2D eigenvalue weighted by atomic mass is 16.3. The smallest absolute Gasteiger partial charge is 0.160 e. The lowest BCUT2D eigenvalue weighted by Crippen LogP contribution is -1.96. The van der Waals surface area contributed by atoms with Crippen molar-refractivity contribution in [3.63, 3.8) is 0 Å². The zero-order valence-corrected chi connectivity index (χ0v) is 23.2. The molecule has 4 nitrogen and oxygen atoms in total. The van der Waals surface area contributed by atoms with E-state index in [4.69, 9.17) is 14.4 Å². The van der Waals surface area contributed by atoms with Gasteiger partial charge in [0, 0.05) is 45.4 Å². The van der Waals surface area contributed by atoms with Crippen molar-refractivity contribution >= 4 is 21.9 Å². The van der Waals surface area contributed by atoms with Crippen molar-refractivity contribution in [3.05, 3.63) is 152 Å². The van der Waals surface area contributed by atoms with Crippen LogP contribution in [-0.2, 0) is 0 Å². The molecular weight excluding hydrogens is 526 g/mol. The maximum atomic E-state index is 6.03. The van der Waals surface area contributed by atoms with Gasteiger partial charge in [0.05, 0.1) is 11.4 Å². The average Bonchev–Trinajstić information content (AvgIpc) is 3.47. The van der Waals surface area contributed by atoms with Gasteiger partial charge in [-0.15, -0.1) is 0 Å². The molecule has 202 valence electrons. The fourth-order valence-corrected chi connectivity index (χ4v) is 5.59. The molecule has 0 fully saturated rings. The van der Waals surface area contributed by atoms with E-state index >= 15 is 0 Å². The van der Waals surface area contributed by atoms with E-state index in [0.29, 0.717) is 5.82 Å². The van der Waals surface area contributed by atoms with Crippen molar-refractivity contribution in [1.82, 2.24) is 15.0 Å². The topological polar surface area (TPSA) is 51.8 Å². The molecule has 0 saturated carbocycles. The van der Waals surface area contributed by atoms with Crippen LogP contribution < -0.4 is 0 Å². The summed E-state index contributed by atoms with van der Waals surface area (Å²) in [5.74, 6) is 0.684. The molecule has 0 aliphatic heterocycles. The summed E-state index contributed by atoms with van der Waals surface area (Å²) in [5, 5.41) is 2.25. The Morgan fingerprint density at radius 1 is 0.395 bits per heavy atom. The molecule has 0 unspecified atom stereocenters. The number of para-hydroxylation sites is 1. The van der Waals surface area contributed by atoms with E-state index in [1.165, 1.54) is 0 Å².